The van der Waals surface area contributed by atoms with Crippen molar-refractivity contribution in [1.29, 1.82) is 0 Å². The lowest BCUT2D eigenvalue weighted by Gasteiger charge is -2.40. The average Bonchev–Trinajstić information content (AvgIpc) is 3.04. The smallest absolute Gasteiger partial charge is 0.0561 e. The second kappa shape index (κ2) is 5.36. The molecule has 2 aliphatic rings. The molecular formula is C18H30N2S. The number of likely N-dealkylation sites (N-methyl/N-ethyl adjacent to an activating group) is 1. The van der Waals surface area contributed by atoms with Crippen LogP contribution >= 0.6 is 11.3 Å². The maximum atomic E-state index is 3.94. The Morgan fingerprint density at radius 2 is 2.14 bits per heavy atom. The van der Waals surface area contributed by atoms with Crippen LogP contribution in [0.15, 0.2) is 17.5 Å². The lowest BCUT2D eigenvalue weighted by Crippen LogP contribution is -2.46. The van der Waals surface area contributed by atoms with Crippen molar-refractivity contribution in [3.05, 3.63) is 22.4 Å². The van der Waals surface area contributed by atoms with Gasteiger partial charge in [-0.3, -0.25) is 0 Å². The molecule has 0 amide bonds. The maximum Gasteiger partial charge on any atom is 0.0561 e. The molecule has 1 aromatic rings. The average molecular weight is 307 g/mol. The second-order valence-corrected chi connectivity index (χ2v) is 9.05. The van der Waals surface area contributed by atoms with Gasteiger partial charge >= 0.3 is 0 Å². The molecule has 118 valence electrons. The maximum absolute atomic E-state index is 3.94. The van der Waals surface area contributed by atoms with Crippen molar-refractivity contribution >= 4 is 11.3 Å². The van der Waals surface area contributed by atoms with E-state index in [-0.39, 0.29) is 0 Å². The van der Waals surface area contributed by atoms with Gasteiger partial charge in [0, 0.05) is 17.5 Å². The Morgan fingerprint density at radius 1 is 1.38 bits per heavy atom. The van der Waals surface area contributed by atoms with Gasteiger partial charge in [0.15, 0.2) is 0 Å². The van der Waals surface area contributed by atoms with E-state index in [0.29, 0.717) is 22.9 Å². The monoisotopic (exact) mass is 306 g/mol. The van der Waals surface area contributed by atoms with Crippen molar-refractivity contribution in [2.75, 3.05) is 20.6 Å². The molecule has 0 saturated heterocycles. The van der Waals surface area contributed by atoms with Crippen LogP contribution in [0.25, 0.3) is 0 Å². The summed E-state index contributed by atoms with van der Waals surface area (Å²) < 4.78 is 0. The topological polar surface area (TPSA) is 15.3 Å². The summed E-state index contributed by atoms with van der Waals surface area (Å²) in [4.78, 5) is 3.82. The van der Waals surface area contributed by atoms with E-state index in [1.165, 1.54) is 24.1 Å². The molecule has 0 aromatic carbocycles. The van der Waals surface area contributed by atoms with Gasteiger partial charge in [-0.1, -0.05) is 26.8 Å². The highest BCUT2D eigenvalue weighted by Gasteiger charge is 2.61. The third kappa shape index (κ3) is 2.38. The van der Waals surface area contributed by atoms with Crippen molar-refractivity contribution in [3.8, 4) is 0 Å². The summed E-state index contributed by atoms with van der Waals surface area (Å²) in [5.41, 5.74) is 0.977. The fourth-order valence-electron chi connectivity index (χ4n) is 4.78. The lowest BCUT2D eigenvalue weighted by atomic mass is 9.69. The van der Waals surface area contributed by atoms with Crippen LogP contribution in [-0.4, -0.2) is 31.6 Å². The summed E-state index contributed by atoms with van der Waals surface area (Å²) >= 11 is 1.87. The first-order chi connectivity index (χ1) is 9.86. The van der Waals surface area contributed by atoms with Crippen LogP contribution in [0.1, 0.15) is 51.0 Å². The Morgan fingerprint density at radius 3 is 2.62 bits per heavy atom. The number of fused-ring (bicyclic) bond motifs is 2. The van der Waals surface area contributed by atoms with Crippen LogP contribution in [0, 0.1) is 16.7 Å². The lowest BCUT2D eigenvalue weighted by molar-refractivity contribution is 0.116. The van der Waals surface area contributed by atoms with E-state index < -0.39 is 0 Å². The fraction of sp³-hybridized carbons (Fsp3) is 0.778. The van der Waals surface area contributed by atoms with Gasteiger partial charge in [-0.25, -0.2) is 0 Å². The SMILES string of the molecule is CN(C)C(CNC1CC2CCC1(C)C2(C)C)c1cccs1. The number of hydrogen-bond donors (Lipinski definition) is 1. The zero-order chi connectivity index (χ0) is 15.3. The van der Waals surface area contributed by atoms with Gasteiger partial charge in [-0.05, 0) is 61.6 Å². The summed E-state index contributed by atoms with van der Waals surface area (Å²) in [6.07, 6.45) is 4.20. The molecule has 1 aromatic heterocycles. The molecule has 21 heavy (non-hydrogen) atoms. The Balaban J connectivity index is 1.68. The molecule has 0 aliphatic heterocycles. The first-order valence-corrected chi connectivity index (χ1v) is 9.17. The predicted molar refractivity (Wildman–Crippen MR) is 91.8 cm³/mol. The van der Waals surface area contributed by atoms with E-state index in [4.69, 9.17) is 0 Å². The molecule has 2 aliphatic carbocycles. The first kappa shape index (κ1) is 15.5. The van der Waals surface area contributed by atoms with Crippen LogP contribution in [0.5, 0.6) is 0 Å². The van der Waals surface area contributed by atoms with Crippen molar-refractivity contribution in [1.82, 2.24) is 10.2 Å². The van der Waals surface area contributed by atoms with Crippen LogP contribution in [0.3, 0.4) is 0 Å². The van der Waals surface area contributed by atoms with Gasteiger partial charge in [0.1, 0.15) is 0 Å². The van der Waals surface area contributed by atoms with E-state index in [9.17, 15) is 0 Å². The predicted octanol–water partition coefficient (Wildman–Crippen LogP) is 4.16. The van der Waals surface area contributed by atoms with Crippen LogP contribution in [0.4, 0.5) is 0 Å². The van der Waals surface area contributed by atoms with Gasteiger partial charge in [0.2, 0.25) is 0 Å². The molecule has 1 heterocycles. The summed E-state index contributed by atoms with van der Waals surface area (Å²) in [5, 5.41) is 6.13. The van der Waals surface area contributed by atoms with Gasteiger partial charge < -0.3 is 10.2 Å². The largest absolute Gasteiger partial charge is 0.311 e. The first-order valence-electron chi connectivity index (χ1n) is 8.29. The van der Waals surface area contributed by atoms with Crippen LogP contribution in [0.2, 0.25) is 0 Å². The summed E-state index contributed by atoms with van der Waals surface area (Å²) in [5.74, 6) is 0.916. The molecular weight excluding hydrogens is 276 g/mol. The Bertz CT molecular complexity index is 479. The third-order valence-electron chi connectivity index (χ3n) is 6.85. The van der Waals surface area contributed by atoms with E-state index in [1.807, 2.05) is 11.3 Å². The minimum atomic E-state index is 0.476. The Kier molecular flexibility index (Phi) is 3.96. The van der Waals surface area contributed by atoms with Gasteiger partial charge in [0.05, 0.1) is 6.04 Å². The van der Waals surface area contributed by atoms with Crippen molar-refractivity contribution in [3.63, 3.8) is 0 Å². The molecule has 2 bridgehead atoms. The minimum Gasteiger partial charge on any atom is -0.311 e. The molecule has 4 atom stereocenters. The Labute approximate surface area is 133 Å². The summed E-state index contributed by atoms with van der Waals surface area (Å²) in [6, 6.07) is 5.62. The van der Waals surface area contributed by atoms with E-state index >= 15 is 0 Å². The standard InChI is InChI=1S/C18H30N2S/c1-17(2)13-8-9-18(17,3)16(11-13)19-12-14(20(4)5)15-7-6-10-21-15/h6-7,10,13-14,16,19H,8-9,11-12H2,1-5H3. The van der Waals surface area contributed by atoms with Crippen LogP contribution in [-0.2, 0) is 0 Å². The van der Waals surface area contributed by atoms with Crippen LogP contribution < -0.4 is 5.32 Å². The number of nitrogens with zero attached hydrogens (tertiary/aromatic N) is 1. The highest BCUT2D eigenvalue weighted by atomic mass is 32.1. The number of nitrogens with one attached hydrogen (secondary N) is 1. The highest BCUT2D eigenvalue weighted by molar-refractivity contribution is 7.10. The molecule has 2 nitrogen and oxygen atoms in total. The van der Waals surface area contributed by atoms with Gasteiger partial charge in [0.25, 0.3) is 0 Å². The van der Waals surface area contributed by atoms with Gasteiger partial charge in [-0.2, -0.15) is 0 Å². The normalized spacial score (nSPS) is 35.5. The minimum absolute atomic E-state index is 0.476. The second-order valence-electron chi connectivity index (χ2n) is 8.07. The zero-order valence-electron chi connectivity index (χ0n) is 14.1. The van der Waals surface area contributed by atoms with Crippen molar-refractivity contribution in [2.45, 2.75) is 52.1 Å². The molecule has 1 N–H and O–H groups in total. The summed E-state index contributed by atoms with van der Waals surface area (Å²) in [7, 11) is 4.39. The third-order valence-corrected chi connectivity index (χ3v) is 7.82. The van der Waals surface area contributed by atoms with E-state index in [2.05, 4.69) is 62.6 Å². The molecule has 2 saturated carbocycles. The fourth-order valence-corrected chi connectivity index (χ4v) is 5.71. The molecule has 0 spiro atoms. The number of thiophene rings is 1. The van der Waals surface area contributed by atoms with Crippen molar-refractivity contribution < 1.29 is 0 Å². The van der Waals surface area contributed by atoms with E-state index in [1.54, 1.807) is 0 Å². The number of rotatable bonds is 5. The Hall–Kier alpha value is -0.380. The zero-order valence-corrected chi connectivity index (χ0v) is 15.0. The molecule has 3 heteroatoms. The van der Waals surface area contributed by atoms with Gasteiger partial charge in [-0.15, -0.1) is 11.3 Å². The molecule has 2 fully saturated rings. The number of hydrogen-bond acceptors (Lipinski definition) is 3. The molecule has 0 radical (unpaired) electrons. The van der Waals surface area contributed by atoms with Crippen molar-refractivity contribution in [2.24, 2.45) is 16.7 Å². The highest BCUT2D eigenvalue weighted by Crippen LogP contribution is 2.65. The molecule has 3 rings (SSSR count). The van der Waals surface area contributed by atoms with E-state index in [0.717, 1.165) is 12.5 Å². The molecule has 4 unspecified atom stereocenters. The summed E-state index contributed by atoms with van der Waals surface area (Å²) in [6.45, 7) is 8.58. The quantitative estimate of drug-likeness (QED) is 0.879.